The fourth-order valence-electron chi connectivity index (χ4n) is 2.24. The minimum atomic E-state index is -0.0256. The van der Waals surface area contributed by atoms with Gasteiger partial charge in [0.1, 0.15) is 0 Å². The average molecular weight is 205 g/mol. The molecule has 2 N–H and O–H groups in total. The molecule has 2 aromatic carbocycles. The summed E-state index contributed by atoms with van der Waals surface area (Å²) in [5.41, 5.74) is 11.1. The van der Waals surface area contributed by atoms with Crippen molar-refractivity contribution in [2.75, 3.05) is 0 Å². The maximum atomic E-state index is 6.32. The third kappa shape index (κ3) is 1.39. The van der Waals surface area contributed by atoms with Gasteiger partial charge in [-0.2, -0.15) is 0 Å². The molecule has 0 spiro atoms. The highest BCUT2D eigenvalue weighted by atomic mass is 14.4. The van der Waals surface area contributed by atoms with E-state index in [2.05, 4.69) is 36.4 Å². The highest BCUT2D eigenvalue weighted by molar-refractivity contribution is 6.84. The first kappa shape index (κ1) is 9.43. The molecule has 76 valence electrons. The van der Waals surface area contributed by atoms with Crippen LogP contribution < -0.4 is 16.6 Å². The predicted molar refractivity (Wildman–Crippen MR) is 71.0 cm³/mol. The van der Waals surface area contributed by atoms with Gasteiger partial charge in [0.25, 0.3) is 6.85 Å². The van der Waals surface area contributed by atoms with Crippen LogP contribution >= 0.6 is 0 Å². The van der Waals surface area contributed by atoms with Gasteiger partial charge in [-0.1, -0.05) is 71.6 Å². The van der Waals surface area contributed by atoms with Crippen LogP contribution in [0.4, 0.5) is 0 Å². The SMILES string of the molecule is NB1c2ccccc2C=Cc2ccccc21. The van der Waals surface area contributed by atoms with E-state index >= 15 is 0 Å². The Hall–Kier alpha value is -1.80. The lowest BCUT2D eigenvalue weighted by atomic mass is 9.50. The summed E-state index contributed by atoms with van der Waals surface area (Å²) in [5.74, 6) is 0. The number of rotatable bonds is 0. The Morgan fingerprint density at radius 3 is 1.62 bits per heavy atom. The Labute approximate surface area is 95.7 Å². The van der Waals surface area contributed by atoms with Crippen molar-refractivity contribution < 1.29 is 0 Å². The first-order chi connectivity index (χ1) is 7.86. The molecule has 1 aliphatic rings. The van der Waals surface area contributed by atoms with Crippen LogP contribution in [0.2, 0.25) is 0 Å². The standard InChI is InChI=1S/C14H12BN/c16-15-13-7-3-1-5-11(13)9-10-12-6-2-4-8-14(12)15/h1-10H,16H2. The molecular formula is C14H12BN. The van der Waals surface area contributed by atoms with Gasteiger partial charge in [-0.15, -0.1) is 0 Å². The largest absolute Gasteiger partial charge is 0.362 e. The zero-order chi connectivity index (χ0) is 11.0. The van der Waals surface area contributed by atoms with E-state index in [1.165, 1.54) is 22.1 Å². The summed E-state index contributed by atoms with van der Waals surface area (Å²) in [5, 5.41) is 0. The highest BCUT2D eigenvalue weighted by Crippen LogP contribution is 2.10. The normalized spacial score (nSPS) is 12.9. The van der Waals surface area contributed by atoms with Crippen LogP contribution in [-0.4, -0.2) is 6.85 Å². The van der Waals surface area contributed by atoms with Crippen molar-refractivity contribution in [1.29, 1.82) is 0 Å². The summed E-state index contributed by atoms with van der Waals surface area (Å²) in [4.78, 5) is 0. The lowest BCUT2D eigenvalue weighted by Crippen LogP contribution is -2.51. The zero-order valence-electron chi connectivity index (χ0n) is 8.93. The fraction of sp³-hybridized carbons (Fsp3) is 0. The summed E-state index contributed by atoms with van der Waals surface area (Å²) < 4.78 is 0. The quantitative estimate of drug-likeness (QED) is 0.643. The van der Waals surface area contributed by atoms with Crippen LogP contribution in [0.15, 0.2) is 48.5 Å². The second kappa shape index (κ2) is 3.65. The van der Waals surface area contributed by atoms with Crippen LogP contribution in [-0.2, 0) is 0 Å². The van der Waals surface area contributed by atoms with Crippen LogP contribution in [0.5, 0.6) is 0 Å². The van der Waals surface area contributed by atoms with Gasteiger partial charge < -0.3 is 5.64 Å². The number of hydrogen-bond donors (Lipinski definition) is 1. The molecule has 0 unspecified atom stereocenters. The Bertz CT molecular complexity index is 511. The third-order valence-electron chi connectivity index (χ3n) is 3.10. The summed E-state index contributed by atoms with van der Waals surface area (Å²) in [7, 11) is 0. The summed E-state index contributed by atoms with van der Waals surface area (Å²) in [6, 6.07) is 16.6. The molecule has 0 radical (unpaired) electrons. The molecule has 1 heterocycles. The minimum Gasteiger partial charge on any atom is -0.362 e. The summed E-state index contributed by atoms with van der Waals surface area (Å²) in [6.07, 6.45) is 4.28. The van der Waals surface area contributed by atoms with E-state index < -0.39 is 0 Å². The van der Waals surface area contributed by atoms with Crippen molar-refractivity contribution in [1.82, 2.24) is 0 Å². The van der Waals surface area contributed by atoms with E-state index in [1.807, 2.05) is 24.3 Å². The minimum absolute atomic E-state index is 0.0256. The Kier molecular flexibility index (Phi) is 2.15. The first-order valence-corrected chi connectivity index (χ1v) is 5.48. The van der Waals surface area contributed by atoms with Gasteiger partial charge in [-0.3, -0.25) is 0 Å². The Balaban J connectivity index is 2.26. The van der Waals surface area contributed by atoms with Crippen LogP contribution in [0.1, 0.15) is 11.1 Å². The molecule has 2 heteroatoms. The monoisotopic (exact) mass is 205 g/mol. The van der Waals surface area contributed by atoms with Gasteiger partial charge in [-0.05, 0) is 11.1 Å². The van der Waals surface area contributed by atoms with Gasteiger partial charge in [-0.25, -0.2) is 0 Å². The van der Waals surface area contributed by atoms with Gasteiger partial charge in [0, 0.05) is 0 Å². The van der Waals surface area contributed by atoms with Crippen LogP contribution in [0.25, 0.3) is 12.2 Å². The molecule has 1 nitrogen and oxygen atoms in total. The molecule has 0 bridgehead atoms. The Morgan fingerprint density at radius 2 is 1.12 bits per heavy atom. The predicted octanol–water partition coefficient (Wildman–Crippen LogP) is 1.23. The average Bonchev–Trinajstić information content (AvgIpc) is 2.49. The number of hydrogen-bond acceptors (Lipinski definition) is 1. The van der Waals surface area contributed by atoms with Crippen LogP contribution in [0, 0.1) is 0 Å². The maximum Gasteiger partial charge on any atom is 0.287 e. The van der Waals surface area contributed by atoms with E-state index in [9.17, 15) is 0 Å². The lowest BCUT2D eigenvalue weighted by molar-refractivity contribution is 1.67. The van der Waals surface area contributed by atoms with E-state index in [1.54, 1.807) is 0 Å². The second-order valence-corrected chi connectivity index (χ2v) is 4.07. The van der Waals surface area contributed by atoms with Crippen molar-refractivity contribution in [2.45, 2.75) is 0 Å². The molecule has 3 rings (SSSR count). The molecule has 2 aromatic rings. The van der Waals surface area contributed by atoms with Crippen LogP contribution in [0.3, 0.4) is 0 Å². The third-order valence-corrected chi connectivity index (χ3v) is 3.10. The van der Waals surface area contributed by atoms with Crippen molar-refractivity contribution in [3.63, 3.8) is 0 Å². The number of benzene rings is 2. The molecule has 0 fully saturated rings. The maximum absolute atomic E-state index is 6.32. The van der Waals surface area contributed by atoms with Crippen molar-refractivity contribution >= 4 is 29.9 Å². The Morgan fingerprint density at radius 1 is 0.688 bits per heavy atom. The molecule has 0 aliphatic carbocycles. The van der Waals surface area contributed by atoms with E-state index in [-0.39, 0.29) is 6.85 Å². The first-order valence-electron chi connectivity index (χ1n) is 5.48. The van der Waals surface area contributed by atoms with Gasteiger partial charge >= 0.3 is 0 Å². The van der Waals surface area contributed by atoms with Crippen molar-refractivity contribution in [3.05, 3.63) is 59.7 Å². The lowest BCUT2D eigenvalue weighted by Gasteiger charge is -2.11. The van der Waals surface area contributed by atoms with E-state index in [0.717, 1.165) is 0 Å². The van der Waals surface area contributed by atoms with E-state index in [0.29, 0.717) is 0 Å². The molecule has 0 aromatic heterocycles. The molecule has 0 amide bonds. The van der Waals surface area contributed by atoms with Gasteiger partial charge in [0.2, 0.25) is 0 Å². The van der Waals surface area contributed by atoms with Gasteiger partial charge in [0.05, 0.1) is 0 Å². The summed E-state index contributed by atoms with van der Waals surface area (Å²) in [6.45, 7) is -0.0256. The molecule has 1 aliphatic heterocycles. The number of nitrogens with two attached hydrogens (primary N) is 1. The topological polar surface area (TPSA) is 26.0 Å². The number of fused-ring (bicyclic) bond motifs is 2. The molecule has 0 saturated carbocycles. The molecule has 0 atom stereocenters. The molecular weight excluding hydrogens is 193 g/mol. The second-order valence-electron chi connectivity index (χ2n) is 4.07. The van der Waals surface area contributed by atoms with Gasteiger partial charge in [0.15, 0.2) is 0 Å². The smallest absolute Gasteiger partial charge is 0.287 e. The van der Waals surface area contributed by atoms with E-state index in [4.69, 9.17) is 5.64 Å². The van der Waals surface area contributed by atoms with Crippen molar-refractivity contribution in [3.8, 4) is 0 Å². The van der Waals surface area contributed by atoms with Crippen molar-refractivity contribution in [2.24, 2.45) is 5.64 Å². The molecule has 0 saturated heterocycles. The fourth-order valence-corrected chi connectivity index (χ4v) is 2.24. The highest BCUT2D eigenvalue weighted by Gasteiger charge is 2.20. The molecule has 16 heavy (non-hydrogen) atoms. The summed E-state index contributed by atoms with van der Waals surface area (Å²) >= 11 is 0. The zero-order valence-corrected chi connectivity index (χ0v) is 8.93.